The van der Waals surface area contributed by atoms with Gasteiger partial charge in [-0.1, -0.05) is 30.3 Å². The third-order valence-electron chi connectivity index (χ3n) is 3.36. The van der Waals surface area contributed by atoms with Crippen LogP contribution in [0.1, 0.15) is 5.56 Å². The van der Waals surface area contributed by atoms with Crippen molar-refractivity contribution in [3.63, 3.8) is 0 Å². The third kappa shape index (κ3) is 4.07. The molecular weight excluding hydrogens is 228 g/mol. The monoisotopic (exact) mass is 250 g/mol. The summed E-state index contributed by atoms with van der Waals surface area (Å²) in [4.78, 5) is 2.21. The molecule has 1 saturated heterocycles. The molecule has 100 valence electrons. The molecule has 2 unspecified atom stereocenters. The highest BCUT2D eigenvalue weighted by atomic mass is 16.5. The van der Waals surface area contributed by atoms with Crippen molar-refractivity contribution in [3.05, 3.63) is 35.9 Å². The zero-order valence-corrected chi connectivity index (χ0v) is 10.7. The Balaban J connectivity index is 1.79. The quantitative estimate of drug-likeness (QED) is 0.786. The highest BCUT2D eigenvalue weighted by Crippen LogP contribution is 2.07. The van der Waals surface area contributed by atoms with Gasteiger partial charge in [0.2, 0.25) is 0 Å². The largest absolute Gasteiger partial charge is 0.390 e. The zero-order chi connectivity index (χ0) is 12.8. The van der Waals surface area contributed by atoms with Crippen LogP contribution in [0.2, 0.25) is 0 Å². The molecule has 4 heteroatoms. The van der Waals surface area contributed by atoms with Gasteiger partial charge in [0.05, 0.1) is 19.3 Å². The molecule has 1 aromatic rings. The van der Waals surface area contributed by atoms with Gasteiger partial charge in [-0.3, -0.25) is 4.90 Å². The van der Waals surface area contributed by atoms with E-state index in [1.807, 2.05) is 30.3 Å². The van der Waals surface area contributed by atoms with Gasteiger partial charge in [-0.15, -0.1) is 0 Å². The number of rotatable bonds is 5. The normalized spacial score (nSPS) is 20.6. The Morgan fingerprint density at radius 1 is 1.22 bits per heavy atom. The van der Waals surface area contributed by atoms with E-state index >= 15 is 0 Å². The van der Waals surface area contributed by atoms with E-state index in [4.69, 9.17) is 10.5 Å². The van der Waals surface area contributed by atoms with Crippen LogP contribution >= 0.6 is 0 Å². The van der Waals surface area contributed by atoms with E-state index in [-0.39, 0.29) is 6.04 Å². The highest BCUT2D eigenvalue weighted by Gasteiger charge is 2.20. The molecule has 0 amide bonds. The number of nitrogens with zero attached hydrogens (tertiary/aromatic N) is 1. The van der Waals surface area contributed by atoms with Crippen LogP contribution in [0.5, 0.6) is 0 Å². The molecule has 2 atom stereocenters. The Morgan fingerprint density at radius 2 is 1.89 bits per heavy atom. The molecule has 0 bridgehead atoms. The molecule has 1 aliphatic heterocycles. The molecule has 1 aromatic carbocycles. The van der Waals surface area contributed by atoms with Crippen molar-refractivity contribution in [1.82, 2.24) is 4.90 Å². The first-order chi connectivity index (χ1) is 8.75. The van der Waals surface area contributed by atoms with Gasteiger partial charge in [0.25, 0.3) is 0 Å². The number of benzene rings is 1. The Hall–Kier alpha value is -0.940. The summed E-state index contributed by atoms with van der Waals surface area (Å²) in [5, 5.41) is 10.1. The molecule has 0 radical (unpaired) electrons. The molecule has 0 saturated carbocycles. The Bertz CT molecular complexity index is 339. The van der Waals surface area contributed by atoms with E-state index in [1.165, 1.54) is 5.56 Å². The number of β-amino-alcohol motifs (C(OH)–C–C–N with tert-alkyl or cyclic N) is 1. The second kappa shape index (κ2) is 6.85. The minimum Gasteiger partial charge on any atom is -0.390 e. The number of ether oxygens (including phenoxy) is 1. The van der Waals surface area contributed by atoms with Crippen LogP contribution in [0, 0.1) is 0 Å². The SMILES string of the molecule is NC(Cc1ccccc1)C(O)CN1CCOCC1. The maximum absolute atomic E-state index is 10.1. The highest BCUT2D eigenvalue weighted by molar-refractivity contribution is 5.16. The van der Waals surface area contributed by atoms with Gasteiger partial charge in [0, 0.05) is 25.7 Å². The van der Waals surface area contributed by atoms with Crippen molar-refractivity contribution in [2.75, 3.05) is 32.8 Å². The number of morpholine rings is 1. The minimum absolute atomic E-state index is 0.213. The van der Waals surface area contributed by atoms with Crippen molar-refractivity contribution in [2.24, 2.45) is 5.73 Å². The minimum atomic E-state index is -0.483. The summed E-state index contributed by atoms with van der Waals surface area (Å²) < 4.78 is 5.28. The number of aliphatic hydroxyl groups excluding tert-OH is 1. The summed E-state index contributed by atoms with van der Waals surface area (Å²) in [6, 6.07) is 9.85. The van der Waals surface area contributed by atoms with E-state index in [1.54, 1.807) is 0 Å². The van der Waals surface area contributed by atoms with Crippen LogP contribution in [-0.2, 0) is 11.2 Å². The smallest absolute Gasteiger partial charge is 0.0820 e. The maximum atomic E-state index is 10.1. The lowest BCUT2D eigenvalue weighted by Gasteiger charge is -2.30. The lowest BCUT2D eigenvalue weighted by Crippen LogP contribution is -2.47. The van der Waals surface area contributed by atoms with E-state index in [9.17, 15) is 5.11 Å². The first-order valence-electron chi connectivity index (χ1n) is 6.53. The molecule has 3 N–H and O–H groups in total. The lowest BCUT2D eigenvalue weighted by atomic mass is 10.0. The van der Waals surface area contributed by atoms with Gasteiger partial charge < -0.3 is 15.6 Å². The predicted molar refractivity (Wildman–Crippen MR) is 71.4 cm³/mol. The van der Waals surface area contributed by atoms with Crippen LogP contribution in [0.25, 0.3) is 0 Å². The fraction of sp³-hybridized carbons (Fsp3) is 0.571. The summed E-state index contributed by atoms with van der Waals surface area (Å²) in [6.45, 7) is 3.91. The summed E-state index contributed by atoms with van der Waals surface area (Å²) in [7, 11) is 0. The lowest BCUT2D eigenvalue weighted by molar-refractivity contribution is 0.00961. The van der Waals surface area contributed by atoms with Crippen LogP contribution in [0.15, 0.2) is 30.3 Å². The Morgan fingerprint density at radius 3 is 2.56 bits per heavy atom. The van der Waals surface area contributed by atoms with Crippen LogP contribution < -0.4 is 5.73 Å². The van der Waals surface area contributed by atoms with Crippen molar-refractivity contribution in [1.29, 1.82) is 0 Å². The van der Waals surface area contributed by atoms with Crippen molar-refractivity contribution < 1.29 is 9.84 Å². The van der Waals surface area contributed by atoms with Crippen molar-refractivity contribution in [3.8, 4) is 0 Å². The summed E-state index contributed by atoms with van der Waals surface area (Å²) >= 11 is 0. The zero-order valence-electron chi connectivity index (χ0n) is 10.7. The first kappa shape index (κ1) is 13.5. The van der Waals surface area contributed by atoms with Gasteiger partial charge >= 0.3 is 0 Å². The van der Waals surface area contributed by atoms with Gasteiger partial charge in [-0.25, -0.2) is 0 Å². The molecule has 1 fully saturated rings. The van der Waals surface area contributed by atoms with Crippen LogP contribution in [0.3, 0.4) is 0 Å². The summed E-state index contributed by atoms with van der Waals surface area (Å²) in [5.74, 6) is 0. The number of nitrogens with two attached hydrogens (primary N) is 1. The average Bonchev–Trinajstić information content (AvgIpc) is 2.41. The molecule has 0 spiro atoms. The maximum Gasteiger partial charge on any atom is 0.0820 e. The topological polar surface area (TPSA) is 58.7 Å². The predicted octanol–water partition coefficient (Wildman–Crippen LogP) is 0.250. The standard InChI is InChI=1S/C14H22N2O2/c15-13(10-12-4-2-1-3-5-12)14(17)11-16-6-8-18-9-7-16/h1-5,13-14,17H,6-11,15H2. The van der Waals surface area contributed by atoms with E-state index < -0.39 is 6.10 Å². The average molecular weight is 250 g/mol. The summed E-state index contributed by atoms with van der Waals surface area (Å²) in [5.41, 5.74) is 7.23. The molecule has 1 heterocycles. The van der Waals surface area contributed by atoms with E-state index in [2.05, 4.69) is 4.90 Å². The molecule has 2 rings (SSSR count). The van der Waals surface area contributed by atoms with E-state index in [0.29, 0.717) is 13.0 Å². The fourth-order valence-corrected chi connectivity index (χ4v) is 2.21. The Labute approximate surface area is 108 Å². The van der Waals surface area contributed by atoms with Gasteiger partial charge in [0.1, 0.15) is 0 Å². The van der Waals surface area contributed by atoms with Crippen molar-refractivity contribution >= 4 is 0 Å². The molecule has 1 aliphatic rings. The fourth-order valence-electron chi connectivity index (χ4n) is 2.21. The first-order valence-corrected chi connectivity index (χ1v) is 6.53. The molecular formula is C14H22N2O2. The van der Waals surface area contributed by atoms with E-state index in [0.717, 1.165) is 26.3 Å². The molecule has 18 heavy (non-hydrogen) atoms. The van der Waals surface area contributed by atoms with Crippen LogP contribution in [-0.4, -0.2) is 55.0 Å². The third-order valence-corrected chi connectivity index (χ3v) is 3.36. The molecule has 4 nitrogen and oxygen atoms in total. The second-order valence-corrected chi connectivity index (χ2v) is 4.83. The van der Waals surface area contributed by atoms with Gasteiger partial charge in [0.15, 0.2) is 0 Å². The second-order valence-electron chi connectivity index (χ2n) is 4.83. The van der Waals surface area contributed by atoms with Gasteiger partial charge in [-0.2, -0.15) is 0 Å². The number of hydrogen-bond donors (Lipinski definition) is 2. The van der Waals surface area contributed by atoms with Crippen LogP contribution in [0.4, 0.5) is 0 Å². The molecule has 0 aromatic heterocycles. The number of hydrogen-bond acceptors (Lipinski definition) is 4. The Kier molecular flexibility index (Phi) is 5.13. The number of aliphatic hydroxyl groups is 1. The molecule has 0 aliphatic carbocycles. The van der Waals surface area contributed by atoms with Gasteiger partial charge in [-0.05, 0) is 12.0 Å². The summed E-state index contributed by atoms with van der Waals surface area (Å²) in [6.07, 6.45) is 0.232. The van der Waals surface area contributed by atoms with Crippen molar-refractivity contribution in [2.45, 2.75) is 18.6 Å².